The van der Waals surface area contributed by atoms with Gasteiger partial charge in [-0.3, -0.25) is 4.79 Å². The predicted octanol–water partition coefficient (Wildman–Crippen LogP) is 2.11. The summed E-state index contributed by atoms with van der Waals surface area (Å²) in [6.07, 6.45) is -4.30. The van der Waals surface area contributed by atoms with Gasteiger partial charge in [0.15, 0.2) is 0 Å². The third-order valence-corrected chi connectivity index (χ3v) is 2.36. The number of carbonyl (C=O) groups is 1. The number of amides is 1. The molecular weight excluding hydrogens is 245 g/mol. The maximum atomic E-state index is 11.9. The summed E-state index contributed by atoms with van der Waals surface area (Å²) in [6.45, 7) is 0.369. The zero-order chi connectivity index (χ0) is 13.8. The topological polar surface area (TPSA) is 32.3 Å². The number of halogens is 3. The van der Waals surface area contributed by atoms with Crippen LogP contribution in [0.15, 0.2) is 24.3 Å². The summed E-state index contributed by atoms with van der Waals surface area (Å²) in [5.41, 5.74) is 1.64. The lowest BCUT2D eigenvalue weighted by Crippen LogP contribution is -2.39. The summed E-state index contributed by atoms with van der Waals surface area (Å²) in [5, 5.41) is 2.07. The number of carbonyl (C=O) groups excluding carboxylic acids is 1. The highest BCUT2D eigenvalue weighted by molar-refractivity contribution is 5.94. The number of nitrogens with zero attached hydrogens (tertiary/aromatic N) is 1. The van der Waals surface area contributed by atoms with Crippen molar-refractivity contribution in [1.29, 1.82) is 0 Å². The van der Waals surface area contributed by atoms with Gasteiger partial charge < -0.3 is 10.2 Å². The Labute approximate surface area is 104 Å². The van der Waals surface area contributed by atoms with Crippen molar-refractivity contribution in [3.8, 4) is 0 Å². The molecule has 0 saturated carbocycles. The van der Waals surface area contributed by atoms with E-state index in [4.69, 9.17) is 0 Å². The van der Waals surface area contributed by atoms with Crippen LogP contribution in [0.3, 0.4) is 0 Å². The molecule has 1 amide bonds. The molecule has 1 aromatic carbocycles. The van der Waals surface area contributed by atoms with Crippen LogP contribution in [0.4, 0.5) is 18.9 Å². The number of hydrogen-bond donors (Lipinski definition) is 1. The van der Waals surface area contributed by atoms with E-state index in [0.29, 0.717) is 5.69 Å². The summed E-state index contributed by atoms with van der Waals surface area (Å²) in [5.74, 6) is -0.412. The molecule has 0 radical (unpaired) electrons. The maximum Gasteiger partial charge on any atom is 0.401 e. The Hall–Kier alpha value is -1.56. The molecule has 6 heteroatoms. The molecule has 100 valence electrons. The second-order valence-electron chi connectivity index (χ2n) is 4.01. The van der Waals surface area contributed by atoms with Crippen LogP contribution in [0.1, 0.15) is 5.56 Å². The van der Waals surface area contributed by atoms with Crippen LogP contribution >= 0.6 is 0 Å². The first-order chi connectivity index (χ1) is 8.29. The quantitative estimate of drug-likeness (QED) is 0.899. The van der Waals surface area contributed by atoms with Crippen molar-refractivity contribution in [3.05, 3.63) is 29.8 Å². The van der Waals surface area contributed by atoms with E-state index < -0.39 is 18.6 Å². The van der Waals surface area contributed by atoms with Gasteiger partial charge in [0.1, 0.15) is 0 Å². The summed E-state index contributed by atoms with van der Waals surface area (Å²) in [6, 6.07) is 7.19. The van der Waals surface area contributed by atoms with E-state index in [2.05, 4.69) is 5.32 Å². The van der Waals surface area contributed by atoms with E-state index in [0.717, 1.165) is 5.56 Å². The van der Waals surface area contributed by atoms with Crippen molar-refractivity contribution >= 4 is 11.6 Å². The number of nitrogens with one attached hydrogen (secondary N) is 1. The van der Waals surface area contributed by atoms with Crippen molar-refractivity contribution in [2.75, 3.05) is 25.0 Å². The van der Waals surface area contributed by atoms with Crippen molar-refractivity contribution in [2.24, 2.45) is 0 Å². The molecule has 0 saturated heterocycles. The van der Waals surface area contributed by atoms with E-state index in [1.165, 1.54) is 11.9 Å². The van der Waals surface area contributed by atoms with Gasteiger partial charge >= 0.3 is 6.18 Å². The summed E-state index contributed by atoms with van der Waals surface area (Å²) < 4.78 is 35.7. The molecule has 0 atom stereocenters. The third-order valence-electron chi connectivity index (χ3n) is 2.36. The molecule has 1 rings (SSSR count). The molecule has 0 spiro atoms. The molecule has 0 aliphatic rings. The Kier molecular flexibility index (Phi) is 4.72. The Bertz CT molecular complexity index is 418. The minimum Gasteiger partial charge on any atom is -0.314 e. The maximum absolute atomic E-state index is 11.9. The average molecular weight is 260 g/mol. The van der Waals surface area contributed by atoms with Gasteiger partial charge in [-0.2, -0.15) is 13.2 Å². The number of alkyl halides is 3. The van der Waals surface area contributed by atoms with Gasteiger partial charge in [0.2, 0.25) is 5.91 Å². The Balaban J connectivity index is 2.52. The Morgan fingerprint density at radius 1 is 1.39 bits per heavy atom. The van der Waals surface area contributed by atoms with Crippen LogP contribution in [0.5, 0.6) is 0 Å². The lowest BCUT2D eigenvalue weighted by molar-refractivity contribution is -0.127. The first-order valence-corrected chi connectivity index (χ1v) is 5.40. The van der Waals surface area contributed by atoms with Crippen LogP contribution < -0.4 is 10.2 Å². The smallest absolute Gasteiger partial charge is 0.314 e. The van der Waals surface area contributed by atoms with Crippen LogP contribution in [0.25, 0.3) is 0 Å². The number of anilines is 1. The number of likely N-dealkylation sites (N-methyl/N-ethyl adjacent to an activating group) is 1. The standard InChI is InChI=1S/C12H15F3N2O/c1-9-4-3-5-10(6-9)17(2)11(18)7-16-8-12(13,14)15/h3-6,16H,7-8H2,1-2H3. The van der Waals surface area contributed by atoms with Gasteiger partial charge in [-0.05, 0) is 24.6 Å². The van der Waals surface area contributed by atoms with Crippen molar-refractivity contribution in [2.45, 2.75) is 13.1 Å². The minimum absolute atomic E-state index is 0.343. The lowest BCUT2D eigenvalue weighted by Gasteiger charge is -2.18. The van der Waals surface area contributed by atoms with E-state index >= 15 is 0 Å². The number of hydrogen-bond acceptors (Lipinski definition) is 2. The number of rotatable bonds is 4. The van der Waals surface area contributed by atoms with Crippen LogP contribution in [-0.4, -0.2) is 32.2 Å². The molecule has 1 aromatic rings. The first-order valence-electron chi connectivity index (χ1n) is 5.40. The first kappa shape index (κ1) is 14.5. The zero-order valence-corrected chi connectivity index (χ0v) is 10.2. The molecule has 0 bridgehead atoms. The fourth-order valence-corrected chi connectivity index (χ4v) is 1.41. The number of aryl methyl sites for hydroxylation is 1. The molecule has 0 heterocycles. The summed E-state index contributed by atoms with van der Waals surface area (Å²) in [4.78, 5) is 13.0. The fraction of sp³-hybridized carbons (Fsp3) is 0.417. The van der Waals surface area contributed by atoms with Crippen molar-refractivity contribution in [3.63, 3.8) is 0 Å². The van der Waals surface area contributed by atoms with Crippen molar-refractivity contribution in [1.82, 2.24) is 5.32 Å². The SMILES string of the molecule is Cc1cccc(N(C)C(=O)CNCC(F)(F)F)c1. The average Bonchev–Trinajstić information content (AvgIpc) is 2.26. The highest BCUT2D eigenvalue weighted by Crippen LogP contribution is 2.14. The summed E-state index contributed by atoms with van der Waals surface area (Å²) in [7, 11) is 1.53. The molecular formula is C12H15F3N2O. The lowest BCUT2D eigenvalue weighted by atomic mass is 10.2. The van der Waals surface area contributed by atoms with Crippen LogP contribution in [0, 0.1) is 6.92 Å². The Morgan fingerprint density at radius 3 is 2.61 bits per heavy atom. The molecule has 0 fully saturated rings. The molecule has 0 aliphatic carbocycles. The molecule has 18 heavy (non-hydrogen) atoms. The van der Waals surface area contributed by atoms with Crippen LogP contribution in [0.2, 0.25) is 0 Å². The largest absolute Gasteiger partial charge is 0.401 e. The monoisotopic (exact) mass is 260 g/mol. The zero-order valence-electron chi connectivity index (χ0n) is 10.2. The fourth-order valence-electron chi connectivity index (χ4n) is 1.41. The second kappa shape index (κ2) is 5.86. The predicted molar refractivity (Wildman–Crippen MR) is 63.5 cm³/mol. The van der Waals surface area contributed by atoms with E-state index in [9.17, 15) is 18.0 Å². The van der Waals surface area contributed by atoms with E-state index in [1.807, 2.05) is 13.0 Å². The molecule has 3 nitrogen and oxygen atoms in total. The number of benzene rings is 1. The highest BCUT2D eigenvalue weighted by atomic mass is 19.4. The van der Waals surface area contributed by atoms with E-state index in [-0.39, 0.29) is 6.54 Å². The van der Waals surface area contributed by atoms with Gasteiger partial charge in [0.25, 0.3) is 0 Å². The molecule has 0 unspecified atom stereocenters. The molecule has 0 aromatic heterocycles. The Morgan fingerprint density at radius 2 is 2.06 bits per heavy atom. The van der Waals surface area contributed by atoms with Gasteiger partial charge in [0.05, 0.1) is 13.1 Å². The van der Waals surface area contributed by atoms with Crippen molar-refractivity contribution < 1.29 is 18.0 Å². The van der Waals surface area contributed by atoms with Gasteiger partial charge in [-0.15, -0.1) is 0 Å². The normalized spacial score (nSPS) is 11.4. The highest BCUT2D eigenvalue weighted by Gasteiger charge is 2.26. The summed E-state index contributed by atoms with van der Waals surface area (Å²) >= 11 is 0. The minimum atomic E-state index is -4.30. The van der Waals surface area contributed by atoms with Gasteiger partial charge in [0, 0.05) is 12.7 Å². The third kappa shape index (κ3) is 4.75. The van der Waals surface area contributed by atoms with Crippen LogP contribution in [-0.2, 0) is 4.79 Å². The molecule has 1 N–H and O–H groups in total. The van der Waals surface area contributed by atoms with Gasteiger partial charge in [-0.25, -0.2) is 0 Å². The second-order valence-corrected chi connectivity index (χ2v) is 4.01. The van der Waals surface area contributed by atoms with E-state index in [1.54, 1.807) is 18.2 Å². The molecule has 0 aliphatic heterocycles. The van der Waals surface area contributed by atoms with Gasteiger partial charge in [-0.1, -0.05) is 12.1 Å².